The average molecular weight is 692 g/mol. The minimum absolute atomic E-state index is 0.933. The van der Waals surface area contributed by atoms with E-state index in [1.807, 2.05) is 0 Å². The minimum atomic E-state index is 0.933. The van der Waals surface area contributed by atoms with Gasteiger partial charge in [0.05, 0.1) is 5.69 Å². The third-order valence-electron chi connectivity index (χ3n) is 10.7. The van der Waals surface area contributed by atoms with Gasteiger partial charge in [-0.05, 0) is 93.8 Å². The molecule has 0 radical (unpaired) electrons. The minimum Gasteiger partial charge on any atom is -0.456 e. The Morgan fingerprint density at radius 2 is 0.981 bits per heavy atom. The fourth-order valence-electron chi connectivity index (χ4n) is 8.23. The second-order valence-electron chi connectivity index (χ2n) is 14.0. The van der Waals surface area contributed by atoms with E-state index >= 15 is 0 Å². The van der Waals surface area contributed by atoms with Crippen LogP contribution in [0.4, 0.5) is 17.1 Å². The Bertz CT molecular complexity index is 2910. The van der Waals surface area contributed by atoms with Gasteiger partial charge in [0, 0.05) is 32.8 Å². The maximum Gasteiger partial charge on any atom is 0.143 e. The second kappa shape index (κ2) is 13.6. The second-order valence-corrected chi connectivity index (χ2v) is 14.0. The van der Waals surface area contributed by atoms with Crippen LogP contribution < -0.4 is 15.5 Å². The highest BCUT2D eigenvalue weighted by Gasteiger charge is 2.23. The number of hydrogen-bond donors (Lipinski definition) is 0. The summed E-state index contributed by atoms with van der Waals surface area (Å²) in [5, 5.41) is 4.58. The van der Waals surface area contributed by atoms with Crippen molar-refractivity contribution in [3.63, 3.8) is 0 Å². The van der Waals surface area contributed by atoms with Gasteiger partial charge in [0.2, 0.25) is 0 Å². The SMILES string of the molecule is C1=c2oc3c(cc(N(c4ccc(-c5ccccc5)cc4)c4cccc(-c5ccccc5)c4)c4ccccc43)c2=C(c2ccccc2-c2ccccc2)CC1. The van der Waals surface area contributed by atoms with Gasteiger partial charge in [-0.1, -0.05) is 164 Å². The van der Waals surface area contributed by atoms with Gasteiger partial charge >= 0.3 is 0 Å². The zero-order chi connectivity index (χ0) is 35.8. The molecular weight excluding hydrogens is 655 g/mol. The molecular formula is C52H37NO. The first-order valence-electron chi connectivity index (χ1n) is 18.7. The highest BCUT2D eigenvalue weighted by Crippen LogP contribution is 2.43. The largest absolute Gasteiger partial charge is 0.456 e. The lowest BCUT2D eigenvalue weighted by Crippen LogP contribution is -2.26. The van der Waals surface area contributed by atoms with E-state index in [2.05, 4.69) is 205 Å². The maximum atomic E-state index is 6.89. The Kier molecular flexibility index (Phi) is 8.00. The van der Waals surface area contributed by atoms with Gasteiger partial charge in [-0.15, -0.1) is 0 Å². The van der Waals surface area contributed by atoms with Crippen LogP contribution in [0.2, 0.25) is 0 Å². The standard InChI is InChI=1S/C52H37NO/c1-4-16-36(17-5-1)38-30-32-41(33-31-38)53(42-23-14-22-40(34-42)37-18-6-2-7-19-37)49-35-48-51-46(44-25-11-10-24-43(44)39-20-8-3-9-21-39)28-15-29-50(51)54-52(48)47-27-13-12-26-45(47)49/h1-14,16-27,29-35H,15,28H2. The molecule has 1 heterocycles. The Morgan fingerprint density at radius 1 is 0.407 bits per heavy atom. The third kappa shape index (κ3) is 5.60. The highest BCUT2D eigenvalue weighted by atomic mass is 16.3. The first kappa shape index (κ1) is 31.8. The highest BCUT2D eigenvalue weighted by molar-refractivity contribution is 6.13. The quantitative estimate of drug-likeness (QED) is 0.165. The lowest BCUT2D eigenvalue weighted by atomic mass is 9.88. The van der Waals surface area contributed by atoms with Crippen molar-refractivity contribution in [2.45, 2.75) is 12.8 Å². The normalized spacial score (nSPS) is 12.4. The van der Waals surface area contributed by atoms with Crippen molar-refractivity contribution in [1.29, 1.82) is 0 Å². The van der Waals surface area contributed by atoms with E-state index in [0.717, 1.165) is 57.1 Å². The molecule has 2 nitrogen and oxygen atoms in total. The first-order chi connectivity index (χ1) is 26.8. The predicted octanol–water partition coefficient (Wildman–Crippen LogP) is 12.8. The fourth-order valence-corrected chi connectivity index (χ4v) is 8.23. The summed E-state index contributed by atoms with van der Waals surface area (Å²) in [6, 6.07) is 69.8. The van der Waals surface area contributed by atoms with Crippen LogP contribution in [0.3, 0.4) is 0 Å². The summed E-state index contributed by atoms with van der Waals surface area (Å²) in [4.78, 5) is 2.42. The van der Waals surface area contributed by atoms with E-state index in [4.69, 9.17) is 4.42 Å². The maximum absolute atomic E-state index is 6.89. The van der Waals surface area contributed by atoms with Crippen LogP contribution in [0.25, 0.3) is 66.8 Å². The summed E-state index contributed by atoms with van der Waals surface area (Å²) in [7, 11) is 0. The molecule has 256 valence electrons. The van der Waals surface area contributed by atoms with Crippen molar-refractivity contribution in [2.24, 2.45) is 0 Å². The molecule has 0 saturated heterocycles. The van der Waals surface area contributed by atoms with E-state index in [1.54, 1.807) is 0 Å². The van der Waals surface area contributed by atoms with Crippen molar-refractivity contribution in [3.05, 3.63) is 210 Å². The molecule has 1 aromatic heterocycles. The zero-order valence-electron chi connectivity index (χ0n) is 29.8. The molecule has 54 heavy (non-hydrogen) atoms. The van der Waals surface area contributed by atoms with E-state index < -0.39 is 0 Å². The van der Waals surface area contributed by atoms with Crippen LogP contribution >= 0.6 is 0 Å². The monoisotopic (exact) mass is 691 g/mol. The molecule has 0 spiro atoms. The molecule has 0 fully saturated rings. The number of fused-ring (bicyclic) bond motifs is 5. The molecule has 2 heteroatoms. The molecule has 0 N–H and O–H groups in total. The van der Waals surface area contributed by atoms with Crippen LogP contribution in [0.5, 0.6) is 0 Å². The number of rotatable bonds is 7. The van der Waals surface area contributed by atoms with Gasteiger partial charge in [-0.25, -0.2) is 0 Å². The average Bonchev–Trinajstić information content (AvgIpc) is 3.64. The topological polar surface area (TPSA) is 16.4 Å². The number of nitrogens with zero attached hydrogens (tertiary/aromatic N) is 1. The van der Waals surface area contributed by atoms with Gasteiger partial charge in [0.15, 0.2) is 0 Å². The summed E-state index contributed by atoms with van der Waals surface area (Å²) in [6.07, 6.45) is 4.15. The van der Waals surface area contributed by atoms with E-state index in [0.29, 0.717) is 0 Å². The first-order valence-corrected chi connectivity index (χ1v) is 18.7. The summed E-state index contributed by atoms with van der Waals surface area (Å²) in [5.41, 5.74) is 15.0. The summed E-state index contributed by atoms with van der Waals surface area (Å²) < 4.78 is 6.89. The molecule has 0 saturated carbocycles. The molecule has 8 aromatic carbocycles. The molecule has 9 aromatic rings. The predicted molar refractivity (Wildman–Crippen MR) is 227 cm³/mol. The zero-order valence-corrected chi connectivity index (χ0v) is 29.8. The van der Waals surface area contributed by atoms with Gasteiger partial charge in [0.25, 0.3) is 0 Å². The van der Waals surface area contributed by atoms with Crippen molar-refractivity contribution in [2.75, 3.05) is 4.90 Å². The Hall–Kier alpha value is -6.90. The number of furan rings is 1. The molecule has 10 rings (SSSR count). The van der Waals surface area contributed by atoms with Crippen molar-refractivity contribution in [3.8, 4) is 33.4 Å². The third-order valence-corrected chi connectivity index (χ3v) is 10.7. The lowest BCUT2D eigenvalue weighted by molar-refractivity contribution is 0.574. The fraction of sp³-hybridized carbons (Fsp3) is 0.0385. The molecule has 0 unspecified atom stereocenters. The summed E-state index contributed by atoms with van der Waals surface area (Å²) >= 11 is 0. The Morgan fingerprint density at radius 3 is 1.70 bits per heavy atom. The molecule has 0 amide bonds. The van der Waals surface area contributed by atoms with Gasteiger partial charge in [0.1, 0.15) is 11.0 Å². The van der Waals surface area contributed by atoms with Crippen LogP contribution in [-0.4, -0.2) is 0 Å². The van der Waals surface area contributed by atoms with E-state index in [-0.39, 0.29) is 0 Å². The van der Waals surface area contributed by atoms with Crippen molar-refractivity contribution in [1.82, 2.24) is 0 Å². The van der Waals surface area contributed by atoms with E-state index in [1.165, 1.54) is 49.7 Å². The Balaban J connectivity index is 1.25. The van der Waals surface area contributed by atoms with Gasteiger partial charge in [-0.3, -0.25) is 0 Å². The molecule has 0 atom stereocenters. The molecule has 0 aliphatic heterocycles. The van der Waals surface area contributed by atoms with Gasteiger partial charge < -0.3 is 9.32 Å². The van der Waals surface area contributed by atoms with Crippen LogP contribution in [0.15, 0.2) is 199 Å². The number of anilines is 3. The summed E-state index contributed by atoms with van der Waals surface area (Å²) in [6.45, 7) is 0. The van der Waals surface area contributed by atoms with E-state index in [9.17, 15) is 0 Å². The van der Waals surface area contributed by atoms with Crippen LogP contribution in [0.1, 0.15) is 18.4 Å². The van der Waals surface area contributed by atoms with Crippen molar-refractivity contribution < 1.29 is 4.42 Å². The number of benzene rings is 8. The molecule has 0 bridgehead atoms. The molecule has 1 aliphatic carbocycles. The van der Waals surface area contributed by atoms with Crippen LogP contribution in [0, 0.1) is 0 Å². The van der Waals surface area contributed by atoms with Crippen LogP contribution in [-0.2, 0) is 0 Å². The summed E-state index contributed by atoms with van der Waals surface area (Å²) in [5.74, 6) is 0. The van der Waals surface area contributed by atoms with Crippen molar-refractivity contribution >= 4 is 50.5 Å². The Labute approximate surface area is 315 Å². The van der Waals surface area contributed by atoms with Gasteiger partial charge in [-0.2, -0.15) is 0 Å². The number of hydrogen-bond acceptors (Lipinski definition) is 2. The lowest BCUT2D eigenvalue weighted by Gasteiger charge is -2.28. The smallest absolute Gasteiger partial charge is 0.143 e. The molecule has 1 aliphatic rings.